The zero-order chi connectivity index (χ0) is 12.1. The maximum atomic E-state index is 5.63. The van der Waals surface area contributed by atoms with Gasteiger partial charge in [-0.3, -0.25) is 0 Å². The van der Waals surface area contributed by atoms with Crippen LogP contribution >= 0.6 is 0 Å². The number of hydrogen-bond acceptors (Lipinski definition) is 2. The molecule has 1 aromatic carbocycles. The van der Waals surface area contributed by atoms with Gasteiger partial charge in [0.2, 0.25) is 0 Å². The molecule has 0 aliphatic carbocycles. The third-order valence-electron chi connectivity index (χ3n) is 2.82. The lowest BCUT2D eigenvalue weighted by Crippen LogP contribution is -2.14. The molecule has 2 aromatic rings. The number of ether oxygens (including phenoxy) is 1. The van der Waals surface area contributed by atoms with Crippen LogP contribution in [0.3, 0.4) is 0 Å². The van der Waals surface area contributed by atoms with Crippen molar-refractivity contribution in [2.75, 3.05) is 20.2 Å². The fraction of sp³-hybridized carbons (Fsp3) is 0.429. The predicted octanol–water partition coefficient (Wildman–Crippen LogP) is 2.65. The lowest BCUT2D eigenvalue weighted by atomic mass is 10.2. The number of rotatable bonds is 6. The third kappa shape index (κ3) is 2.80. The van der Waals surface area contributed by atoms with Crippen LogP contribution in [0, 0.1) is 0 Å². The molecule has 0 aliphatic rings. The second-order valence-electron chi connectivity index (χ2n) is 4.18. The average Bonchev–Trinajstić information content (AvgIpc) is 2.76. The molecule has 2 rings (SSSR count). The van der Waals surface area contributed by atoms with E-state index in [-0.39, 0.29) is 0 Å². The van der Waals surface area contributed by atoms with E-state index in [2.05, 4.69) is 41.2 Å². The first-order valence-electron chi connectivity index (χ1n) is 6.21. The van der Waals surface area contributed by atoms with Crippen LogP contribution in [-0.4, -0.2) is 24.8 Å². The van der Waals surface area contributed by atoms with E-state index < -0.39 is 0 Å². The van der Waals surface area contributed by atoms with Gasteiger partial charge < -0.3 is 14.6 Å². The van der Waals surface area contributed by atoms with E-state index in [9.17, 15) is 0 Å². The Kier molecular flexibility index (Phi) is 4.04. The van der Waals surface area contributed by atoms with Gasteiger partial charge in [0.1, 0.15) is 5.75 Å². The zero-order valence-electron chi connectivity index (χ0n) is 10.6. The summed E-state index contributed by atoms with van der Waals surface area (Å²) in [4.78, 5) is 0. The van der Waals surface area contributed by atoms with E-state index in [1.807, 2.05) is 13.1 Å². The van der Waals surface area contributed by atoms with Crippen molar-refractivity contribution >= 4 is 10.9 Å². The van der Waals surface area contributed by atoms with Gasteiger partial charge in [-0.05, 0) is 37.7 Å². The second-order valence-corrected chi connectivity index (χ2v) is 4.18. The van der Waals surface area contributed by atoms with Crippen molar-refractivity contribution in [2.45, 2.75) is 19.9 Å². The molecular weight excluding hydrogens is 212 g/mol. The SMILES string of the molecule is CCCOc1ccc2c(ccn2CCNC)c1. The zero-order valence-corrected chi connectivity index (χ0v) is 10.6. The summed E-state index contributed by atoms with van der Waals surface area (Å²) in [6.45, 7) is 4.88. The first-order chi connectivity index (χ1) is 8.35. The van der Waals surface area contributed by atoms with Gasteiger partial charge in [-0.25, -0.2) is 0 Å². The molecule has 3 heteroatoms. The van der Waals surface area contributed by atoms with Crippen LogP contribution < -0.4 is 10.1 Å². The third-order valence-corrected chi connectivity index (χ3v) is 2.82. The van der Waals surface area contributed by atoms with Crippen molar-refractivity contribution in [3.8, 4) is 5.75 Å². The molecule has 17 heavy (non-hydrogen) atoms. The summed E-state index contributed by atoms with van der Waals surface area (Å²) < 4.78 is 7.89. The minimum absolute atomic E-state index is 0.784. The number of nitrogens with zero attached hydrogens (tertiary/aromatic N) is 1. The summed E-state index contributed by atoms with van der Waals surface area (Å²) in [5.41, 5.74) is 1.27. The molecule has 1 heterocycles. The molecule has 92 valence electrons. The Labute approximate surface area is 102 Å². The van der Waals surface area contributed by atoms with Crippen molar-refractivity contribution in [1.29, 1.82) is 0 Å². The molecule has 0 spiro atoms. The Morgan fingerprint density at radius 3 is 2.94 bits per heavy atom. The Morgan fingerprint density at radius 2 is 2.18 bits per heavy atom. The Bertz CT molecular complexity index is 476. The van der Waals surface area contributed by atoms with Gasteiger partial charge in [-0.2, -0.15) is 0 Å². The maximum Gasteiger partial charge on any atom is 0.120 e. The molecule has 0 saturated heterocycles. The molecular formula is C14H20N2O. The molecule has 1 N–H and O–H groups in total. The average molecular weight is 232 g/mol. The highest BCUT2D eigenvalue weighted by atomic mass is 16.5. The predicted molar refractivity (Wildman–Crippen MR) is 71.7 cm³/mol. The molecule has 0 fully saturated rings. The highest BCUT2D eigenvalue weighted by Crippen LogP contribution is 2.22. The van der Waals surface area contributed by atoms with Gasteiger partial charge in [0.25, 0.3) is 0 Å². The summed E-state index contributed by atoms with van der Waals surface area (Å²) in [7, 11) is 1.97. The van der Waals surface area contributed by atoms with Crippen LogP contribution in [-0.2, 0) is 6.54 Å². The summed E-state index contributed by atoms with van der Waals surface area (Å²) in [5.74, 6) is 0.964. The lowest BCUT2D eigenvalue weighted by Gasteiger charge is -2.07. The molecule has 1 aromatic heterocycles. The van der Waals surface area contributed by atoms with Crippen molar-refractivity contribution in [3.05, 3.63) is 30.5 Å². The highest BCUT2D eigenvalue weighted by molar-refractivity contribution is 5.81. The number of nitrogens with one attached hydrogen (secondary N) is 1. The van der Waals surface area contributed by atoms with Crippen LogP contribution in [0.1, 0.15) is 13.3 Å². The van der Waals surface area contributed by atoms with E-state index >= 15 is 0 Å². The second kappa shape index (κ2) is 5.73. The van der Waals surface area contributed by atoms with Gasteiger partial charge in [-0.15, -0.1) is 0 Å². The van der Waals surface area contributed by atoms with Gasteiger partial charge in [0, 0.05) is 30.2 Å². The number of benzene rings is 1. The summed E-state index contributed by atoms with van der Waals surface area (Å²) in [5, 5.41) is 4.41. The fourth-order valence-corrected chi connectivity index (χ4v) is 1.92. The van der Waals surface area contributed by atoms with Crippen LogP contribution in [0.4, 0.5) is 0 Å². The number of likely N-dealkylation sites (N-methyl/N-ethyl adjacent to an activating group) is 1. The van der Waals surface area contributed by atoms with Gasteiger partial charge >= 0.3 is 0 Å². The minimum Gasteiger partial charge on any atom is -0.494 e. The van der Waals surface area contributed by atoms with Crippen LogP contribution in [0.15, 0.2) is 30.5 Å². The number of hydrogen-bond donors (Lipinski definition) is 1. The number of aromatic nitrogens is 1. The summed E-state index contributed by atoms with van der Waals surface area (Å²) in [6, 6.07) is 8.44. The van der Waals surface area contributed by atoms with E-state index in [0.717, 1.165) is 31.9 Å². The largest absolute Gasteiger partial charge is 0.494 e. The minimum atomic E-state index is 0.784. The quantitative estimate of drug-likeness (QED) is 0.828. The number of fused-ring (bicyclic) bond motifs is 1. The molecule has 0 radical (unpaired) electrons. The summed E-state index contributed by atoms with van der Waals surface area (Å²) in [6.07, 6.45) is 3.17. The van der Waals surface area contributed by atoms with Crippen molar-refractivity contribution in [1.82, 2.24) is 9.88 Å². The molecule has 0 atom stereocenters. The Morgan fingerprint density at radius 1 is 1.29 bits per heavy atom. The molecule has 0 bridgehead atoms. The molecule has 0 unspecified atom stereocenters. The first-order valence-corrected chi connectivity index (χ1v) is 6.21. The van der Waals surface area contributed by atoms with Gasteiger partial charge in [0.15, 0.2) is 0 Å². The van der Waals surface area contributed by atoms with E-state index in [1.54, 1.807) is 0 Å². The smallest absolute Gasteiger partial charge is 0.120 e. The van der Waals surface area contributed by atoms with E-state index in [1.165, 1.54) is 10.9 Å². The van der Waals surface area contributed by atoms with Crippen LogP contribution in [0.5, 0.6) is 5.75 Å². The maximum absolute atomic E-state index is 5.63. The van der Waals surface area contributed by atoms with E-state index in [0.29, 0.717) is 0 Å². The van der Waals surface area contributed by atoms with Gasteiger partial charge in [-0.1, -0.05) is 6.92 Å². The van der Waals surface area contributed by atoms with Crippen molar-refractivity contribution in [2.24, 2.45) is 0 Å². The lowest BCUT2D eigenvalue weighted by molar-refractivity contribution is 0.318. The molecule has 0 aliphatic heterocycles. The monoisotopic (exact) mass is 232 g/mol. The molecule has 0 saturated carbocycles. The molecule has 3 nitrogen and oxygen atoms in total. The fourth-order valence-electron chi connectivity index (χ4n) is 1.92. The van der Waals surface area contributed by atoms with Crippen LogP contribution in [0.25, 0.3) is 10.9 Å². The van der Waals surface area contributed by atoms with Gasteiger partial charge in [0.05, 0.1) is 6.61 Å². The van der Waals surface area contributed by atoms with E-state index in [4.69, 9.17) is 4.74 Å². The van der Waals surface area contributed by atoms with Crippen molar-refractivity contribution in [3.63, 3.8) is 0 Å². The normalized spacial score (nSPS) is 10.9. The van der Waals surface area contributed by atoms with Crippen LogP contribution in [0.2, 0.25) is 0 Å². The van der Waals surface area contributed by atoms with Crippen molar-refractivity contribution < 1.29 is 4.74 Å². The Balaban J connectivity index is 2.19. The standard InChI is InChI=1S/C14H20N2O/c1-3-10-17-13-4-5-14-12(11-13)6-8-16(14)9-7-15-2/h4-6,8,11,15H,3,7,9-10H2,1-2H3. The molecule has 0 amide bonds. The highest BCUT2D eigenvalue weighted by Gasteiger charge is 2.02. The topological polar surface area (TPSA) is 26.2 Å². The Hall–Kier alpha value is -1.48. The summed E-state index contributed by atoms with van der Waals surface area (Å²) >= 11 is 0. The first kappa shape index (κ1) is 12.0.